The van der Waals surface area contributed by atoms with Crippen LogP contribution in [0.15, 0.2) is 4.47 Å². The minimum atomic E-state index is 0.0838. The number of rotatable bonds is 4. The number of methoxy groups -OCH3 is 1. The summed E-state index contributed by atoms with van der Waals surface area (Å²) in [5, 5.41) is 6.49. The van der Waals surface area contributed by atoms with E-state index < -0.39 is 0 Å². The van der Waals surface area contributed by atoms with Gasteiger partial charge in [-0.25, -0.2) is 0 Å². The average Bonchev–Trinajstić information content (AvgIpc) is 2.34. The summed E-state index contributed by atoms with van der Waals surface area (Å²) in [6, 6.07) is 0. The standard InChI is InChI=1S/C13H21BrN2O/c1-7-8(2)12(17-6)10(9(3)11(7)14)13(15-4)16-5/h13,15-16H,1-6H3. The van der Waals surface area contributed by atoms with Crippen LogP contribution < -0.4 is 15.4 Å². The highest BCUT2D eigenvalue weighted by Gasteiger charge is 2.21. The minimum Gasteiger partial charge on any atom is -0.496 e. The topological polar surface area (TPSA) is 33.3 Å². The van der Waals surface area contributed by atoms with Crippen LogP contribution in [0.1, 0.15) is 28.4 Å². The first-order chi connectivity index (χ1) is 7.99. The predicted molar refractivity (Wildman–Crippen MR) is 75.8 cm³/mol. The molecule has 0 spiro atoms. The highest BCUT2D eigenvalue weighted by molar-refractivity contribution is 9.10. The largest absolute Gasteiger partial charge is 0.496 e. The molecule has 1 rings (SSSR count). The van der Waals surface area contributed by atoms with Crippen molar-refractivity contribution in [1.82, 2.24) is 10.6 Å². The first-order valence-electron chi connectivity index (χ1n) is 5.67. The maximum absolute atomic E-state index is 5.58. The number of hydrogen-bond donors (Lipinski definition) is 2. The highest BCUT2D eigenvalue weighted by atomic mass is 79.9. The molecular weight excluding hydrogens is 280 g/mol. The fourth-order valence-electron chi connectivity index (χ4n) is 2.15. The Morgan fingerprint density at radius 1 is 1.00 bits per heavy atom. The van der Waals surface area contributed by atoms with E-state index >= 15 is 0 Å². The molecule has 1 aromatic rings. The van der Waals surface area contributed by atoms with Crippen molar-refractivity contribution in [2.45, 2.75) is 26.9 Å². The Kier molecular flexibility index (Phi) is 4.98. The summed E-state index contributed by atoms with van der Waals surface area (Å²) in [5.41, 5.74) is 4.77. The van der Waals surface area contributed by atoms with Crippen molar-refractivity contribution < 1.29 is 4.74 Å². The van der Waals surface area contributed by atoms with Gasteiger partial charge in [0.25, 0.3) is 0 Å². The summed E-state index contributed by atoms with van der Waals surface area (Å²) in [4.78, 5) is 0. The Balaban J connectivity index is 3.56. The Morgan fingerprint density at radius 2 is 1.53 bits per heavy atom. The third kappa shape index (κ3) is 2.49. The summed E-state index contributed by atoms with van der Waals surface area (Å²) in [7, 11) is 5.59. The normalized spacial score (nSPS) is 11.1. The van der Waals surface area contributed by atoms with Gasteiger partial charge < -0.3 is 15.4 Å². The SMILES string of the molecule is CNC(NC)c1c(C)c(Br)c(C)c(C)c1OC. The first-order valence-corrected chi connectivity index (χ1v) is 6.46. The van der Waals surface area contributed by atoms with Crippen molar-refractivity contribution in [2.24, 2.45) is 0 Å². The lowest BCUT2D eigenvalue weighted by Crippen LogP contribution is -2.30. The van der Waals surface area contributed by atoms with Crippen molar-refractivity contribution in [3.05, 3.63) is 26.7 Å². The molecule has 0 aromatic heterocycles. The lowest BCUT2D eigenvalue weighted by molar-refractivity contribution is 0.390. The number of benzene rings is 1. The van der Waals surface area contributed by atoms with E-state index in [4.69, 9.17) is 4.74 Å². The van der Waals surface area contributed by atoms with Crippen LogP contribution in [0.25, 0.3) is 0 Å². The number of ether oxygens (including phenoxy) is 1. The zero-order valence-electron chi connectivity index (χ0n) is 11.4. The molecule has 1 aromatic carbocycles. The molecule has 17 heavy (non-hydrogen) atoms. The molecule has 0 atom stereocenters. The molecule has 4 heteroatoms. The molecule has 0 unspecified atom stereocenters. The van der Waals surface area contributed by atoms with Gasteiger partial charge in [-0.15, -0.1) is 0 Å². The Hall–Kier alpha value is -0.580. The summed E-state index contributed by atoms with van der Waals surface area (Å²) < 4.78 is 6.73. The van der Waals surface area contributed by atoms with Crippen molar-refractivity contribution in [3.8, 4) is 5.75 Å². The van der Waals surface area contributed by atoms with Gasteiger partial charge in [0.2, 0.25) is 0 Å². The van der Waals surface area contributed by atoms with Crippen molar-refractivity contribution in [2.75, 3.05) is 21.2 Å². The average molecular weight is 301 g/mol. The van der Waals surface area contributed by atoms with Crippen molar-refractivity contribution >= 4 is 15.9 Å². The van der Waals surface area contributed by atoms with Crippen LogP contribution in [0.3, 0.4) is 0 Å². The lowest BCUT2D eigenvalue weighted by Gasteiger charge is -2.24. The molecule has 0 saturated carbocycles. The Morgan fingerprint density at radius 3 is 1.94 bits per heavy atom. The monoisotopic (exact) mass is 300 g/mol. The predicted octanol–water partition coefficient (Wildman–Crippen LogP) is 2.82. The molecule has 2 N–H and O–H groups in total. The van der Waals surface area contributed by atoms with E-state index in [0.29, 0.717) is 0 Å². The zero-order chi connectivity index (χ0) is 13.2. The van der Waals surface area contributed by atoms with Crippen LogP contribution in [0.4, 0.5) is 0 Å². The van der Waals surface area contributed by atoms with Gasteiger partial charge in [0.1, 0.15) is 5.75 Å². The second-order valence-electron chi connectivity index (χ2n) is 4.15. The maximum Gasteiger partial charge on any atom is 0.128 e. The van der Waals surface area contributed by atoms with E-state index in [0.717, 1.165) is 15.8 Å². The van der Waals surface area contributed by atoms with Crippen LogP contribution in [0, 0.1) is 20.8 Å². The van der Waals surface area contributed by atoms with Crippen molar-refractivity contribution in [3.63, 3.8) is 0 Å². The highest BCUT2D eigenvalue weighted by Crippen LogP contribution is 2.38. The summed E-state index contributed by atoms with van der Waals surface area (Å²) in [5.74, 6) is 0.955. The van der Waals surface area contributed by atoms with Gasteiger partial charge >= 0.3 is 0 Å². The van der Waals surface area contributed by atoms with Crippen LogP contribution in [-0.4, -0.2) is 21.2 Å². The number of halogens is 1. The molecule has 0 heterocycles. The van der Waals surface area contributed by atoms with Crippen LogP contribution in [-0.2, 0) is 0 Å². The smallest absolute Gasteiger partial charge is 0.128 e. The summed E-state index contributed by atoms with van der Waals surface area (Å²) >= 11 is 3.66. The van der Waals surface area contributed by atoms with Gasteiger partial charge in [-0.2, -0.15) is 0 Å². The van der Waals surface area contributed by atoms with E-state index in [1.165, 1.54) is 16.7 Å². The van der Waals surface area contributed by atoms with E-state index in [-0.39, 0.29) is 6.17 Å². The summed E-state index contributed by atoms with van der Waals surface area (Å²) in [6.45, 7) is 6.30. The molecular formula is C13H21BrN2O. The molecule has 0 aliphatic carbocycles. The van der Waals surface area contributed by atoms with Gasteiger partial charge in [0.15, 0.2) is 0 Å². The molecule has 0 aliphatic rings. The quantitative estimate of drug-likeness (QED) is 0.839. The molecule has 0 fully saturated rings. The fourth-order valence-corrected chi connectivity index (χ4v) is 2.66. The van der Waals surface area contributed by atoms with E-state index in [2.05, 4.69) is 47.3 Å². The lowest BCUT2D eigenvalue weighted by atomic mass is 9.97. The van der Waals surface area contributed by atoms with Crippen LogP contribution in [0.2, 0.25) is 0 Å². The van der Waals surface area contributed by atoms with Gasteiger partial charge in [-0.05, 0) is 51.6 Å². The number of hydrogen-bond acceptors (Lipinski definition) is 3. The van der Waals surface area contributed by atoms with Crippen LogP contribution >= 0.6 is 15.9 Å². The summed E-state index contributed by atoms with van der Waals surface area (Å²) in [6.07, 6.45) is 0.0838. The molecule has 0 aliphatic heterocycles. The molecule has 0 saturated heterocycles. The molecule has 0 amide bonds. The third-order valence-electron chi connectivity index (χ3n) is 3.28. The fraction of sp³-hybridized carbons (Fsp3) is 0.538. The molecule has 0 bridgehead atoms. The van der Waals surface area contributed by atoms with Crippen LogP contribution in [0.5, 0.6) is 5.75 Å². The van der Waals surface area contributed by atoms with Gasteiger partial charge in [0.05, 0.1) is 13.3 Å². The Labute approximate surface area is 112 Å². The molecule has 96 valence electrons. The minimum absolute atomic E-state index is 0.0838. The van der Waals surface area contributed by atoms with E-state index in [9.17, 15) is 0 Å². The first kappa shape index (κ1) is 14.5. The van der Waals surface area contributed by atoms with Gasteiger partial charge in [0, 0.05) is 10.0 Å². The third-order valence-corrected chi connectivity index (χ3v) is 4.47. The van der Waals surface area contributed by atoms with E-state index in [1.54, 1.807) is 7.11 Å². The maximum atomic E-state index is 5.58. The number of nitrogens with one attached hydrogen (secondary N) is 2. The van der Waals surface area contributed by atoms with E-state index in [1.807, 2.05) is 14.1 Å². The van der Waals surface area contributed by atoms with Gasteiger partial charge in [-0.1, -0.05) is 15.9 Å². The second kappa shape index (κ2) is 5.85. The molecule has 0 radical (unpaired) electrons. The van der Waals surface area contributed by atoms with Crippen molar-refractivity contribution in [1.29, 1.82) is 0 Å². The second-order valence-corrected chi connectivity index (χ2v) is 4.94. The zero-order valence-corrected chi connectivity index (χ0v) is 12.9. The molecule has 3 nitrogen and oxygen atoms in total. The van der Waals surface area contributed by atoms with Gasteiger partial charge in [-0.3, -0.25) is 0 Å². The Bertz CT molecular complexity index is 415.